The fourth-order valence-electron chi connectivity index (χ4n) is 3.13. The van der Waals surface area contributed by atoms with E-state index in [1.165, 1.54) is 16.8 Å². The molecular formula is C17H22N4O. The molecule has 0 aliphatic heterocycles. The zero-order chi connectivity index (χ0) is 15.7. The molecule has 0 saturated heterocycles. The Bertz CT molecular complexity index is 718. The molecule has 22 heavy (non-hydrogen) atoms. The first-order valence-corrected chi connectivity index (χ1v) is 7.78. The fraction of sp³-hybridized carbons (Fsp3) is 0.412. The van der Waals surface area contributed by atoms with Crippen LogP contribution in [0.5, 0.6) is 0 Å². The van der Waals surface area contributed by atoms with Gasteiger partial charge >= 0.3 is 0 Å². The summed E-state index contributed by atoms with van der Waals surface area (Å²) in [6, 6.07) is 6.31. The highest BCUT2D eigenvalue weighted by molar-refractivity contribution is 5.94. The first-order chi connectivity index (χ1) is 10.6. The number of hydrogen-bond donors (Lipinski definition) is 2. The average molecular weight is 298 g/mol. The summed E-state index contributed by atoms with van der Waals surface area (Å²) in [4.78, 5) is 12.3. The van der Waals surface area contributed by atoms with Gasteiger partial charge in [-0.05, 0) is 44.7 Å². The van der Waals surface area contributed by atoms with Crippen molar-refractivity contribution in [2.24, 2.45) is 5.73 Å². The molecule has 1 aromatic carbocycles. The van der Waals surface area contributed by atoms with Crippen molar-refractivity contribution >= 4 is 5.91 Å². The van der Waals surface area contributed by atoms with Crippen molar-refractivity contribution in [2.75, 3.05) is 13.1 Å². The number of aromatic nitrogens is 2. The summed E-state index contributed by atoms with van der Waals surface area (Å²) >= 11 is 0. The number of benzene rings is 1. The Morgan fingerprint density at radius 3 is 2.91 bits per heavy atom. The Labute approximate surface area is 130 Å². The molecular weight excluding hydrogens is 276 g/mol. The van der Waals surface area contributed by atoms with Crippen LogP contribution in [0.2, 0.25) is 0 Å². The van der Waals surface area contributed by atoms with E-state index in [-0.39, 0.29) is 5.91 Å². The third kappa shape index (κ3) is 2.52. The van der Waals surface area contributed by atoms with Crippen LogP contribution in [0.15, 0.2) is 18.2 Å². The Morgan fingerprint density at radius 1 is 1.36 bits per heavy atom. The molecule has 1 aliphatic rings. The zero-order valence-corrected chi connectivity index (χ0v) is 13.1. The van der Waals surface area contributed by atoms with Gasteiger partial charge in [0, 0.05) is 24.3 Å². The highest BCUT2D eigenvalue weighted by Crippen LogP contribution is 2.29. The fourth-order valence-corrected chi connectivity index (χ4v) is 3.13. The maximum atomic E-state index is 12.3. The van der Waals surface area contributed by atoms with Crippen LogP contribution in [-0.4, -0.2) is 28.8 Å². The molecule has 1 amide bonds. The molecule has 1 heterocycles. The van der Waals surface area contributed by atoms with E-state index in [4.69, 9.17) is 5.73 Å². The summed E-state index contributed by atoms with van der Waals surface area (Å²) in [5.41, 5.74) is 11.7. The zero-order valence-electron chi connectivity index (χ0n) is 13.1. The van der Waals surface area contributed by atoms with Gasteiger partial charge in [0.2, 0.25) is 0 Å². The first kappa shape index (κ1) is 14.8. The number of amides is 1. The van der Waals surface area contributed by atoms with Gasteiger partial charge in [0.15, 0.2) is 5.69 Å². The van der Waals surface area contributed by atoms with E-state index in [0.29, 0.717) is 18.8 Å². The van der Waals surface area contributed by atoms with Gasteiger partial charge in [-0.3, -0.25) is 4.79 Å². The molecule has 5 heteroatoms. The predicted octanol–water partition coefficient (Wildman–Crippen LogP) is 1.67. The minimum Gasteiger partial charge on any atom is -0.349 e. The van der Waals surface area contributed by atoms with E-state index in [1.54, 1.807) is 0 Å². The van der Waals surface area contributed by atoms with Crippen LogP contribution in [0, 0.1) is 13.8 Å². The van der Waals surface area contributed by atoms with Crippen molar-refractivity contribution in [3.8, 4) is 5.69 Å². The normalized spacial score (nSPS) is 13.2. The number of carbonyl (C=O) groups is 1. The largest absolute Gasteiger partial charge is 0.349 e. The van der Waals surface area contributed by atoms with Crippen LogP contribution in [0.4, 0.5) is 0 Å². The Morgan fingerprint density at radius 2 is 2.18 bits per heavy atom. The lowest BCUT2D eigenvalue weighted by Gasteiger charge is -2.09. The van der Waals surface area contributed by atoms with Gasteiger partial charge in [0.05, 0.1) is 5.69 Å². The predicted molar refractivity (Wildman–Crippen MR) is 86.5 cm³/mol. The highest BCUT2D eigenvalue weighted by atomic mass is 16.1. The molecule has 5 nitrogen and oxygen atoms in total. The lowest BCUT2D eigenvalue weighted by atomic mass is 10.1. The molecule has 0 radical (unpaired) electrons. The minimum atomic E-state index is -0.118. The number of carbonyl (C=O) groups excluding carboxylic acids is 1. The number of aryl methyl sites for hydroxylation is 2. The van der Waals surface area contributed by atoms with E-state index in [2.05, 4.69) is 42.5 Å². The second-order valence-corrected chi connectivity index (χ2v) is 5.87. The SMILES string of the molecule is Cc1ccc(-n2nc(C(=O)NCCN)c3c2CCC3)c(C)c1. The Kier molecular flexibility index (Phi) is 3.98. The topological polar surface area (TPSA) is 72.9 Å². The van der Waals surface area contributed by atoms with Crippen LogP contribution in [-0.2, 0) is 12.8 Å². The number of hydrogen-bond acceptors (Lipinski definition) is 3. The first-order valence-electron chi connectivity index (χ1n) is 7.78. The van der Waals surface area contributed by atoms with Crippen molar-refractivity contribution in [3.05, 3.63) is 46.3 Å². The summed E-state index contributed by atoms with van der Waals surface area (Å²) in [5, 5.41) is 7.44. The van der Waals surface area contributed by atoms with E-state index < -0.39 is 0 Å². The summed E-state index contributed by atoms with van der Waals surface area (Å²) in [6.45, 7) is 5.07. The van der Waals surface area contributed by atoms with Crippen LogP contribution < -0.4 is 11.1 Å². The van der Waals surface area contributed by atoms with Crippen molar-refractivity contribution in [3.63, 3.8) is 0 Å². The number of fused-ring (bicyclic) bond motifs is 1. The second-order valence-electron chi connectivity index (χ2n) is 5.87. The van der Waals surface area contributed by atoms with Gasteiger partial charge in [0.1, 0.15) is 0 Å². The maximum absolute atomic E-state index is 12.3. The monoisotopic (exact) mass is 298 g/mol. The standard InChI is InChI=1S/C17H22N4O/c1-11-6-7-14(12(2)10-11)21-15-5-3-4-13(15)16(20-21)17(22)19-9-8-18/h6-7,10H,3-5,8-9,18H2,1-2H3,(H,19,22). The van der Waals surface area contributed by atoms with Gasteiger partial charge in [0.25, 0.3) is 5.91 Å². The third-order valence-electron chi connectivity index (χ3n) is 4.16. The molecule has 0 atom stereocenters. The van der Waals surface area contributed by atoms with Gasteiger partial charge in [-0.15, -0.1) is 0 Å². The van der Waals surface area contributed by atoms with Crippen molar-refractivity contribution in [1.29, 1.82) is 0 Å². The van der Waals surface area contributed by atoms with Gasteiger partial charge in [-0.1, -0.05) is 17.7 Å². The van der Waals surface area contributed by atoms with E-state index in [0.717, 1.165) is 30.5 Å². The molecule has 0 saturated carbocycles. The molecule has 3 rings (SSSR count). The van der Waals surface area contributed by atoms with Crippen LogP contribution in [0.25, 0.3) is 5.69 Å². The molecule has 2 aromatic rings. The summed E-state index contributed by atoms with van der Waals surface area (Å²) in [6.07, 6.45) is 2.97. The summed E-state index contributed by atoms with van der Waals surface area (Å²) in [5.74, 6) is -0.118. The highest BCUT2D eigenvalue weighted by Gasteiger charge is 2.27. The molecule has 116 valence electrons. The number of nitrogens with one attached hydrogen (secondary N) is 1. The van der Waals surface area contributed by atoms with E-state index in [9.17, 15) is 4.79 Å². The molecule has 0 bridgehead atoms. The van der Waals surface area contributed by atoms with Gasteiger partial charge in [-0.25, -0.2) is 4.68 Å². The lowest BCUT2D eigenvalue weighted by molar-refractivity contribution is 0.0948. The average Bonchev–Trinajstić information content (AvgIpc) is 3.07. The van der Waals surface area contributed by atoms with E-state index >= 15 is 0 Å². The number of rotatable bonds is 4. The molecule has 1 aliphatic carbocycles. The molecule has 1 aromatic heterocycles. The quantitative estimate of drug-likeness (QED) is 0.901. The maximum Gasteiger partial charge on any atom is 0.272 e. The van der Waals surface area contributed by atoms with Crippen molar-refractivity contribution in [1.82, 2.24) is 15.1 Å². The minimum absolute atomic E-state index is 0.118. The van der Waals surface area contributed by atoms with Gasteiger partial charge < -0.3 is 11.1 Å². The van der Waals surface area contributed by atoms with Crippen LogP contribution >= 0.6 is 0 Å². The lowest BCUT2D eigenvalue weighted by Crippen LogP contribution is -2.30. The van der Waals surface area contributed by atoms with Crippen LogP contribution in [0.3, 0.4) is 0 Å². The number of nitrogens with two attached hydrogens (primary N) is 1. The number of nitrogens with zero attached hydrogens (tertiary/aromatic N) is 2. The molecule has 0 fully saturated rings. The van der Waals surface area contributed by atoms with Crippen molar-refractivity contribution in [2.45, 2.75) is 33.1 Å². The Hall–Kier alpha value is -2.14. The molecule has 3 N–H and O–H groups in total. The van der Waals surface area contributed by atoms with Gasteiger partial charge in [-0.2, -0.15) is 5.10 Å². The van der Waals surface area contributed by atoms with Crippen LogP contribution in [0.1, 0.15) is 39.3 Å². The summed E-state index contributed by atoms with van der Waals surface area (Å²) in [7, 11) is 0. The molecule has 0 spiro atoms. The van der Waals surface area contributed by atoms with E-state index in [1.807, 2.05) is 4.68 Å². The second kappa shape index (κ2) is 5.93. The summed E-state index contributed by atoms with van der Waals surface area (Å²) < 4.78 is 1.95. The van der Waals surface area contributed by atoms with Crippen molar-refractivity contribution < 1.29 is 4.79 Å². The smallest absolute Gasteiger partial charge is 0.272 e. The Balaban J connectivity index is 2.04. The molecule has 0 unspecified atom stereocenters. The third-order valence-corrected chi connectivity index (χ3v) is 4.16.